The largest absolute Gasteiger partial charge is 0.498 e. The van der Waals surface area contributed by atoms with Gasteiger partial charge in [0.15, 0.2) is 0 Å². The molecule has 0 aliphatic heterocycles. The van der Waals surface area contributed by atoms with Gasteiger partial charge in [0.25, 0.3) is 0 Å². The Balaban J connectivity index is 2.34. The minimum Gasteiger partial charge on any atom is -0.498 e. The van der Waals surface area contributed by atoms with E-state index in [2.05, 4.69) is 9.75 Å². The highest BCUT2D eigenvalue weighted by molar-refractivity contribution is 5.87. The molecule has 0 atom stereocenters. The van der Waals surface area contributed by atoms with Crippen LogP contribution in [0.5, 0.6) is 0 Å². The Morgan fingerprint density at radius 1 is 1.47 bits per heavy atom. The van der Waals surface area contributed by atoms with Crippen LogP contribution in [0.15, 0.2) is 36.4 Å². The summed E-state index contributed by atoms with van der Waals surface area (Å²) in [6.07, 6.45) is 3.47. The second-order valence-electron chi connectivity index (χ2n) is 2.61. The molecule has 0 saturated carbocycles. The molecule has 0 spiro atoms. The van der Waals surface area contributed by atoms with Gasteiger partial charge in [0, 0.05) is 5.01 Å². The van der Waals surface area contributed by atoms with E-state index in [0.29, 0.717) is 0 Å². The summed E-state index contributed by atoms with van der Waals surface area (Å²) >= 11 is 0. The Morgan fingerprint density at radius 3 is 2.87 bits per heavy atom. The van der Waals surface area contributed by atoms with Crippen molar-refractivity contribution in [3.05, 3.63) is 52.2 Å². The summed E-state index contributed by atoms with van der Waals surface area (Å²) in [6.45, 7) is 0.0935. The predicted molar refractivity (Wildman–Crippen MR) is 57.0 cm³/mol. The van der Waals surface area contributed by atoms with Crippen molar-refractivity contribution in [2.45, 2.75) is 0 Å². The van der Waals surface area contributed by atoms with Gasteiger partial charge in [-0.1, -0.05) is 36.4 Å². The van der Waals surface area contributed by atoms with E-state index in [1.165, 1.54) is 0 Å². The summed E-state index contributed by atoms with van der Waals surface area (Å²) in [5.41, 5.74) is 1.01. The van der Waals surface area contributed by atoms with Crippen molar-refractivity contribution in [2.75, 3.05) is 6.61 Å². The Morgan fingerprint density at radius 2 is 2.20 bits per heavy atom. The zero-order chi connectivity index (χ0) is 10.9. The fourth-order valence-corrected chi connectivity index (χ4v) is 0.942. The highest BCUT2D eigenvalue weighted by Crippen LogP contribution is 2.00. The number of rotatable bonds is 3. The first-order valence-electron chi connectivity index (χ1n) is 4.29. The molecule has 15 heavy (non-hydrogen) atoms. The summed E-state index contributed by atoms with van der Waals surface area (Å²) in [7, 11) is 0. The van der Waals surface area contributed by atoms with Crippen LogP contribution >= 0.6 is 0 Å². The molecule has 1 aromatic carbocycles. The normalized spacial score (nSPS) is 9.33. The molecule has 0 aliphatic rings. The van der Waals surface area contributed by atoms with Gasteiger partial charge < -0.3 is 9.94 Å². The van der Waals surface area contributed by atoms with Gasteiger partial charge in [0.2, 0.25) is 0 Å². The van der Waals surface area contributed by atoms with Gasteiger partial charge >= 0.3 is 12.0 Å². The summed E-state index contributed by atoms with van der Waals surface area (Å²) < 4.78 is 4.57. The average molecular weight is 203 g/mol. The van der Waals surface area contributed by atoms with Crippen LogP contribution in [0.2, 0.25) is 0 Å². The molecule has 0 aromatic heterocycles. The third-order valence-electron chi connectivity index (χ3n) is 1.56. The Labute approximate surface area is 87.2 Å². The van der Waals surface area contributed by atoms with Crippen LogP contribution < -0.4 is 0 Å². The molecule has 0 radical (unpaired) electrons. The average Bonchev–Trinajstić information content (AvgIpc) is 2.26. The van der Waals surface area contributed by atoms with Crippen LogP contribution in [0.4, 0.5) is 0 Å². The van der Waals surface area contributed by atoms with Gasteiger partial charge in [-0.25, -0.2) is 4.79 Å². The molecular weight excluding hydrogens is 194 g/mol. The van der Waals surface area contributed by atoms with Crippen LogP contribution in [0, 0.1) is 11.3 Å². The van der Waals surface area contributed by atoms with E-state index in [0.717, 1.165) is 5.56 Å². The van der Waals surface area contributed by atoms with E-state index < -0.39 is 5.97 Å². The molecule has 1 rings (SSSR count). The quantitative estimate of drug-likeness (QED) is 0.429. The Bertz CT molecular complexity index is 401. The van der Waals surface area contributed by atoms with E-state index >= 15 is 0 Å². The molecule has 0 heterocycles. The van der Waals surface area contributed by atoms with Gasteiger partial charge in [-0.15, -0.1) is 0 Å². The van der Waals surface area contributed by atoms with E-state index in [9.17, 15) is 10.0 Å². The first-order valence-corrected chi connectivity index (χ1v) is 4.29. The molecule has 76 valence electrons. The van der Waals surface area contributed by atoms with Crippen LogP contribution in [-0.2, 0) is 9.53 Å². The van der Waals surface area contributed by atoms with Crippen LogP contribution in [-0.4, -0.2) is 12.6 Å². The number of benzene rings is 1. The summed E-state index contributed by atoms with van der Waals surface area (Å²) in [4.78, 5) is 10.6. The summed E-state index contributed by atoms with van der Waals surface area (Å²) in [5, 5.41) is 11.8. The van der Waals surface area contributed by atoms with Gasteiger partial charge in [0.1, 0.15) is 6.61 Å². The van der Waals surface area contributed by atoms with Crippen LogP contribution in [0.25, 0.3) is 11.1 Å². The topological polar surface area (TPSA) is 53.7 Å². The number of carbonyl (C=O) groups excluding carboxylic acids is 1. The minimum absolute atomic E-state index is 0.0935. The van der Waals surface area contributed by atoms with Crippen molar-refractivity contribution in [1.82, 2.24) is 0 Å². The van der Waals surface area contributed by atoms with E-state index in [-0.39, 0.29) is 6.61 Å². The van der Waals surface area contributed by atoms with Crippen molar-refractivity contribution in [1.29, 1.82) is 0 Å². The molecule has 0 N–H and O–H groups in total. The SMILES string of the molecule is O=C(C#[N+][O-])OC/C=C/c1ccccc1. The van der Waals surface area contributed by atoms with Gasteiger partial charge in [-0.3, -0.25) is 0 Å². The second kappa shape index (κ2) is 6.22. The van der Waals surface area contributed by atoms with E-state index in [1.54, 1.807) is 12.1 Å². The Hall–Kier alpha value is -2.28. The standard InChI is InChI=1S/C11H9NO3/c13-11(9-12-14)15-8-4-7-10-5-2-1-3-6-10/h1-7H,8H2/b7-4+. The maximum absolute atomic E-state index is 10.6. The second-order valence-corrected chi connectivity index (χ2v) is 2.61. The lowest BCUT2D eigenvalue weighted by molar-refractivity contribution is -0.135. The maximum atomic E-state index is 10.6. The monoisotopic (exact) mass is 203 g/mol. The lowest BCUT2D eigenvalue weighted by atomic mass is 10.2. The highest BCUT2D eigenvalue weighted by atomic mass is 16.5. The van der Waals surface area contributed by atoms with Crippen molar-refractivity contribution >= 4 is 12.0 Å². The number of hydrogen-bond acceptors (Lipinski definition) is 3. The molecule has 1 aromatic rings. The van der Waals surface area contributed by atoms with E-state index in [1.807, 2.05) is 36.4 Å². The number of carbonyl (C=O) groups is 1. The fraction of sp³-hybridized carbons (Fsp3) is 0.0909. The molecule has 4 nitrogen and oxygen atoms in total. The maximum Gasteiger partial charge on any atom is 0.462 e. The van der Waals surface area contributed by atoms with Crippen LogP contribution in [0.1, 0.15) is 5.56 Å². The molecule has 0 bridgehead atoms. The zero-order valence-corrected chi connectivity index (χ0v) is 7.92. The number of nitrogens with zero attached hydrogens (tertiary/aromatic N) is 1. The van der Waals surface area contributed by atoms with Gasteiger partial charge in [0.05, 0.1) is 0 Å². The Kier molecular flexibility index (Phi) is 4.47. The molecule has 0 fully saturated rings. The smallest absolute Gasteiger partial charge is 0.462 e. The molecule has 0 amide bonds. The van der Waals surface area contributed by atoms with Crippen molar-refractivity contribution in [2.24, 2.45) is 0 Å². The fourth-order valence-electron chi connectivity index (χ4n) is 0.942. The van der Waals surface area contributed by atoms with Gasteiger partial charge in [-0.2, -0.15) is 0 Å². The number of hydrogen-bond donors (Lipinski definition) is 0. The molecule has 0 saturated heterocycles. The number of esters is 1. The van der Waals surface area contributed by atoms with Crippen molar-refractivity contribution in [3.8, 4) is 6.07 Å². The van der Waals surface area contributed by atoms with Crippen molar-refractivity contribution < 1.29 is 9.53 Å². The third-order valence-corrected chi connectivity index (χ3v) is 1.56. The minimum atomic E-state index is -0.859. The molecule has 0 unspecified atom stereocenters. The first-order chi connectivity index (χ1) is 7.33. The first kappa shape index (κ1) is 10.8. The lowest BCUT2D eigenvalue weighted by Crippen LogP contribution is -1.99. The summed E-state index contributed by atoms with van der Waals surface area (Å²) in [5.74, 6) is -0.859. The van der Waals surface area contributed by atoms with Gasteiger partial charge in [-0.05, 0) is 11.6 Å². The third kappa shape index (κ3) is 4.48. The summed E-state index contributed by atoms with van der Waals surface area (Å²) in [6, 6.07) is 11.2. The zero-order valence-electron chi connectivity index (χ0n) is 7.92. The lowest BCUT2D eigenvalue weighted by Gasteiger charge is -1.92. The number of ether oxygens (including phenoxy) is 1. The molecule has 4 heteroatoms. The highest BCUT2D eigenvalue weighted by Gasteiger charge is 2.01. The predicted octanol–water partition coefficient (Wildman–Crippen LogP) is 2.07. The molecule has 0 aliphatic carbocycles. The van der Waals surface area contributed by atoms with Crippen molar-refractivity contribution in [3.63, 3.8) is 0 Å². The van der Waals surface area contributed by atoms with Crippen LogP contribution in [0.3, 0.4) is 0 Å². The van der Waals surface area contributed by atoms with E-state index in [4.69, 9.17) is 0 Å². The molecular formula is C11H9NO3.